The number of rotatable bonds is 5. The molecule has 1 rings (SSSR count). The van der Waals surface area contributed by atoms with Gasteiger partial charge in [-0.25, -0.2) is 4.98 Å². The Hall–Kier alpha value is -1.09. The zero-order chi connectivity index (χ0) is 11.3. The summed E-state index contributed by atoms with van der Waals surface area (Å²) in [5.74, 6) is 1.07. The molecule has 2 N–H and O–H groups in total. The van der Waals surface area contributed by atoms with Crippen molar-refractivity contribution in [3.05, 3.63) is 23.9 Å². The summed E-state index contributed by atoms with van der Waals surface area (Å²) in [5, 5.41) is 0. The lowest BCUT2D eigenvalue weighted by molar-refractivity contribution is 0.728. The molecule has 0 aromatic carbocycles. The standard InChI is InChI=1S/C12H21N3/c1-4-8-15(3)12-11(9-10(2)13)6-5-7-14-12/h5-7,10H,4,8-9,13H2,1-3H3. The van der Waals surface area contributed by atoms with Crippen LogP contribution in [-0.4, -0.2) is 24.6 Å². The van der Waals surface area contributed by atoms with Gasteiger partial charge in [-0.05, 0) is 31.4 Å². The average molecular weight is 207 g/mol. The maximum atomic E-state index is 5.82. The van der Waals surface area contributed by atoms with Crippen LogP contribution in [0.4, 0.5) is 5.82 Å². The summed E-state index contributed by atoms with van der Waals surface area (Å²) in [6.45, 7) is 5.23. The van der Waals surface area contributed by atoms with E-state index in [9.17, 15) is 0 Å². The fraction of sp³-hybridized carbons (Fsp3) is 0.583. The first-order valence-corrected chi connectivity index (χ1v) is 5.55. The number of hydrogen-bond acceptors (Lipinski definition) is 3. The topological polar surface area (TPSA) is 42.2 Å². The molecule has 0 radical (unpaired) electrons. The Morgan fingerprint density at radius 3 is 2.87 bits per heavy atom. The predicted octanol–water partition coefficient (Wildman–Crippen LogP) is 1.82. The van der Waals surface area contributed by atoms with Crippen molar-refractivity contribution in [1.82, 2.24) is 4.98 Å². The molecule has 1 atom stereocenters. The Bertz CT molecular complexity index is 297. The molecular weight excluding hydrogens is 186 g/mol. The van der Waals surface area contributed by atoms with E-state index in [1.165, 1.54) is 5.56 Å². The van der Waals surface area contributed by atoms with Crippen molar-refractivity contribution in [2.75, 3.05) is 18.5 Å². The molecule has 3 nitrogen and oxygen atoms in total. The van der Waals surface area contributed by atoms with Crippen LogP contribution in [0.1, 0.15) is 25.8 Å². The normalized spacial score (nSPS) is 12.5. The van der Waals surface area contributed by atoms with Crippen molar-refractivity contribution in [2.24, 2.45) is 5.73 Å². The summed E-state index contributed by atoms with van der Waals surface area (Å²) in [5.41, 5.74) is 7.06. The second kappa shape index (κ2) is 5.71. The van der Waals surface area contributed by atoms with Gasteiger partial charge >= 0.3 is 0 Å². The highest BCUT2D eigenvalue weighted by Crippen LogP contribution is 2.17. The quantitative estimate of drug-likeness (QED) is 0.800. The highest BCUT2D eigenvalue weighted by molar-refractivity contribution is 5.46. The van der Waals surface area contributed by atoms with E-state index in [4.69, 9.17) is 5.73 Å². The first-order valence-electron chi connectivity index (χ1n) is 5.55. The summed E-state index contributed by atoms with van der Waals surface area (Å²) in [6.07, 6.45) is 3.86. The van der Waals surface area contributed by atoms with Crippen molar-refractivity contribution >= 4 is 5.82 Å². The van der Waals surface area contributed by atoms with Crippen LogP contribution < -0.4 is 10.6 Å². The summed E-state index contributed by atoms with van der Waals surface area (Å²) < 4.78 is 0. The minimum atomic E-state index is 0.183. The molecular formula is C12H21N3. The number of anilines is 1. The second-order valence-corrected chi connectivity index (χ2v) is 4.09. The average Bonchev–Trinajstić information content (AvgIpc) is 2.18. The fourth-order valence-electron chi connectivity index (χ4n) is 1.72. The van der Waals surface area contributed by atoms with E-state index >= 15 is 0 Å². The lowest BCUT2D eigenvalue weighted by Crippen LogP contribution is -2.24. The monoisotopic (exact) mass is 207 g/mol. The van der Waals surface area contributed by atoms with Crippen LogP contribution >= 0.6 is 0 Å². The molecule has 84 valence electrons. The van der Waals surface area contributed by atoms with Gasteiger partial charge in [0.1, 0.15) is 5.82 Å². The Balaban J connectivity index is 2.85. The molecule has 1 aromatic heterocycles. The van der Waals surface area contributed by atoms with Gasteiger partial charge in [0.25, 0.3) is 0 Å². The largest absolute Gasteiger partial charge is 0.359 e. The van der Waals surface area contributed by atoms with Gasteiger partial charge in [-0.2, -0.15) is 0 Å². The highest BCUT2D eigenvalue weighted by Gasteiger charge is 2.08. The van der Waals surface area contributed by atoms with Crippen LogP contribution in [0.2, 0.25) is 0 Å². The number of pyridine rings is 1. The van der Waals surface area contributed by atoms with E-state index < -0.39 is 0 Å². The van der Waals surface area contributed by atoms with Crippen LogP contribution in [-0.2, 0) is 6.42 Å². The van der Waals surface area contributed by atoms with Crippen LogP contribution in [0.3, 0.4) is 0 Å². The molecule has 1 aromatic rings. The molecule has 0 fully saturated rings. The molecule has 15 heavy (non-hydrogen) atoms. The molecule has 3 heteroatoms. The van der Waals surface area contributed by atoms with Gasteiger partial charge in [-0.15, -0.1) is 0 Å². The van der Waals surface area contributed by atoms with Gasteiger partial charge in [0.05, 0.1) is 0 Å². The molecule has 1 unspecified atom stereocenters. The number of nitrogens with two attached hydrogens (primary N) is 1. The summed E-state index contributed by atoms with van der Waals surface area (Å²) >= 11 is 0. The highest BCUT2D eigenvalue weighted by atomic mass is 15.2. The fourth-order valence-corrected chi connectivity index (χ4v) is 1.72. The van der Waals surface area contributed by atoms with Gasteiger partial charge in [0.2, 0.25) is 0 Å². The van der Waals surface area contributed by atoms with Crippen molar-refractivity contribution in [3.8, 4) is 0 Å². The Kier molecular flexibility index (Phi) is 4.56. The molecule has 0 amide bonds. The van der Waals surface area contributed by atoms with Crippen molar-refractivity contribution in [3.63, 3.8) is 0 Å². The smallest absolute Gasteiger partial charge is 0.131 e. The molecule has 1 heterocycles. The lowest BCUT2D eigenvalue weighted by atomic mass is 10.1. The van der Waals surface area contributed by atoms with Crippen LogP contribution in [0.25, 0.3) is 0 Å². The van der Waals surface area contributed by atoms with E-state index in [-0.39, 0.29) is 6.04 Å². The predicted molar refractivity (Wildman–Crippen MR) is 65.2 cm³/mol. The van der Waals surface area contributed by atoms with Crippen molar-refractivity contribution < 1.29 is 0 Å². The van der Waals surface area contributed by atoms with Gasteiger partial charge in [0.15, 0.2) is 0 Å². The maximum Gasteiger partial charge on any atom is 0.131 e. The van der Waals surface area contributed by atoms with E-state index in [1.807, 2.05) is 19.2 Å². The third-order valence-electron chi connectivity index (χ3n) is 2.33. The van der Waals surface area contributed by atoms with Crippen molar-refractivity contribution in [2.45, 2.75) is 32.7 Å². The molecule has 0 spiro atoms. The summed E-state index contributed by atoms with van der Waals surface area (Å²) in [6, 6.07) is 4.27. The molecule has 0 bridgehead atoms. The van der Waals surface area contributed by atoms with Crippen LogP contribution in [0, 0.1) is 0 Å². The van der Waals surface area contributed by atoms with E-state index in [2.05, 4.69) is 29.9 Å². The molecule has 0 aliphatic heterocycles. The number of aromatic nitrogens is 1. The van der Waals surface area contributed by atoms with Crippen LogP contribution in [0.15, 0.2) is 18.3 Å². The third kappa shape index (κ3) is 3.51. The minimum Gasteiger partial charge on any atom is -0.359 e. The molecule has 0 aliphatic rings. The second-order valence-electron chi connectivity index (χ2n) is 4.09. The van der Waals surface area contributed by atoms with E-state index in [1.54, 1.807) is 0 Å². The van der Waals surface area contributed by atoms with Gasteiger partial charge < -0.3 is 10.6 Å². The molecule has 0 saturated carbocycles. The maximum absolute atomic E-state index is 5.82. The third-order valence-corrected chi connectivity index (χ3v) is 2.33. The first kappa shape index (κ1) is 12.0. The summed E-state index contributed by atoms with van der Waals surface area (Å²) in [4.78, 5) is 6.61. The minimum absolute atomic E-state index is 0.183. The Morgan fingerprint density at radius 1 is 1.53 bits per heavy atom. The first-order chi connectivity index (χ1) is 7.15. The Morgan fingerprint density at radius 2 is 2.27 bits per heavy atom. The van der Waals surface area contributed by atoms with Crippen molar-refractivity contribution in [1.29, 1.82) is 0 Å². The Labute approximate surface area is 92.3 Å². The number of hydrogen-bond donors (Lipinski definition) is 1. The molecule has 0 saturated heterocycles. The van der Waals surface area contributed by atoms with E-state index in [0.717, 1.165) is 25.2 Å². The zero-order valence-corrected chi connectivity index (χ0v) is 9.90. The summed E-state index contributed by atoms with van der Waals surface area (Å²) in [7, 11) is 2.08. The van der Waals surface area contributed by atoms with Gasteiger partial charge in [0, 0.05) is 25.8 Å². The zero-order valence-electron chi connectivity index (χ0n) is 9.90. The lowest BCUT2D eigenvalue weighted by Gasteiger charge is -2.21. The van der Waals surface area contributed by atoms with Crippen LogP contribution in [0.5, 0.6) is 0 Å². The van der Waals surface area contributed by atoms with Gasteiger partial charge in [-0.3, -0.25) is 0 Å². The van der Waals surface area contributed by atoms with E-state index in [0.29, 0.717) is 0 Å². The molecule has 0 aliphatic carbocycles. The van der Waals surface area contributed by atoms with Gasteiger partial charge in [-0.1, -0.05) is 13.0 Å². The number of nitrogens with zero attached hydrogens (tertiary/aromatic N) is 2. The SMILES string of the molecule is CCCN(C)c1ncccc1CC(C)N.